The van der Waals surface area contributed by atoms with E-state index in [0.717, 1.165) is 12.0 Å². The maximum Gasteiger partial charge on any atom is 0.253 e. The van der Waals surface area contributed by atoms with Gasteiger partial charge >= 0.3 is 0 Å². The molecule has 3 rings (SSSR count). The van der Waals surface area contributed by atoms with E-state index in [9.17, 15) is 13.2 Å². The summed E-state index contributed by atoms with van der Waals surface area (Å²) in [7, 11) is -1.96. The minimum Gasteiger partial charge on any atom is -0.497 e. The molecule has 1 aliphatic rings. The summed E-state index contributed by atoms with van der Waals surface area (Å²) >= 11 is 0. The first-order valence-electron chi connectivity index (χ1n) is 8.98. The number of hydrogen-bond acceptors (Lipinski definition) is 4. The lowest BCUT2D eigenvalue weighted by Crippen LogP contribution is -2.50. The van der Waals surface area contributed by atoms with Crippen molar-refractivity contribution in [2.75, 3.05) is 33.3 Å². The van der Waals surface area contributed by atoms with Crippen molar-refractivity contribution in [3.05, 3.63) is 59.7 Å². The van der Waals surface area contributed by atoms with Gasteiger partial charge in [0.15, 0.2) is 0 Å². The summed E-state index contributed by atoms with van der Waals surface area (Å²) in [6.45, 7) is 3.36. The van der Waals surface area contributed by atoms with Crippen LogP contribution in [0.25, 0.3) is 0 Å². The van der Waals surface area contributed by atoms with E-state index < -0.39 is 10.0 Å². The molecule has 1 heterocycles. The Hall–Kier alpha value is -2.38. The number of hydrogen-bond donors (Lipinski definition) is 0. The van der Waals surface area contributed by atoms with Gasteiger partial charge in [-0.25, -0.2) is 8.42 Å². The molecular weight excluding hydrogens is 364 g/mol. The molecule has 7 heteroatoms. The van der Waals surface area contributed by atoms with E-state index in [0.29, 0.717) is 42.4 Å². The number of nitrogens with zero attached hydrogens (tertiary/aromatic N) is 2. The van der Waals surface area contributed by atoms with Crippen LogP contribution >= 0.6 is 0 Å². The molecule has 0 spiro atoms. The van der Waals surface area contributed by atoms with Crippen LogP contribution in [0.2, 0.25) is 0 Å². The van der Waals surface area contributed by atoms with Crippen LogP contribution in [0.3, 0.4) is 0 Å². The quantitative estimate of drug-likeness (QED) is 0.789. The number of benzene rings is 2. The normalized spacial score (nSPS) is 15.6. The first-order chi connectivity index (χ1) is 13.0. The van der Waals surface area contributed by atoms with Gasteiger partial charge in [-0.15, -0.1) is 0 Å². The lowest BCUT2D eigenvalue weighted by atomic mass is 10.2. The number of carbonyl (C=O) groups excluding carboxylic acids is 1. The first-order valence-corrected chi connectivity index (χ1v) is 10.4. The second-order valence-electron chi connectivity index (χ2n) is 6.42. The van der Waals surface area contributed by atoms with Gasteiger partial charge in [-0.2, -0.15) is 4.31 Å². The minimum atomic E-state index is -3.53. The molecule has 0 atom stereocenters. The van der Waals surface area contributed by atoms with Gasteiger partial charge in [-0.1, -0.05) is 19.1 Å². The summed E-state index contributed by atoms with van der Waals surface area (Å²) < 4.78 is 32.2. The third-order valence-corrected chi connectivity index (χ3v) is 6.75. The molecule has 0 aliphatic carbocycles. The third-order valence-electron chi connectivity index (χ3n) is 4.83. The van der Waals surface area contributed by atoms with Crippen LogP contribution in [0.4, 0.5) is 0 Å². The molecular formula is C20H24N2O4S. The highest BCUT2D eigenvalue weighted by Crippen LogP contribution is 2.20. The number of ether oxygens (including phenoxy) is 1. The predicted octanol–water partition coefficient (Wildman–Crippen LogP) is 2.40. The van der Waals surface area contributed by atoms with Crippen molar-refractivity contribution < 1.29 is 17.9 Å². The highest BCUT2D eigenvalue weighted by Gasteiger charge is 2.30. The van der Waals surface area contributed by atoms with E-state index in [2.05, 4.69) is 0 Å². The first kappa shape index (κ1) is 19.4. The van der Waals surface area contributed by atoms with Crippen LogP contribution in [0.15, 0.2) is 53.4 Å². The summed E-state index contributed by atoms with van der Waals surface area (Å²) in [5.74, 6) is 0.596. The van der Waals surface area contributed by atoms with Gasteiger partial charge in [0.05, 0.1) is 12.0 Å². The zero-order valence-electron chi connectivity index (χ0n) is 15.6. The summed E-state index contributed by atoms with van der Waals surface area (Å²) in [6, 6.07) is 13.9. The molecule has 1 amide bonds. The van der Waals surface area contributed by atoms with Crippen molar-refractivity contribution >= 4 is 15.9 Å². The van der Waals surface area contributed by atoms with Crippen molar-refractivity contribution in [1.82, 2.24) is 9.21 Å². The van der Waals surface area contributed by atoms with E-state index in [1.807, 2.05) is 19.1 Å². The van der Waals surface area contributed by atoms with E-state index in [1.54, 1.807) is 48.4 Å². The SMILES string of the molecule is CCc1ccc(S(=O)(=O)N2CCN(C(=O)c3ccc(OC)cc3)CC2)cc1. The molecule has 27 heavy (non-hydrogen) atoms. The Morgan fingerprint density at radius 2 is 1.56 bits per heavy atom. The van der Waals surface area contributed by atoms with Crippen molar-refractivity contribution in [2.24, 2.45) is 0 Å². The third kappa shape index (κ3) is 4.14. The Morgan fingerprint density at radius 3 is 2.07 bits per heavy atom. The molecule has 1 saturated heterocycles. The lowest BCUT2D eigenvalue weighted by molar-refractivity contribution is 0.0698. The molecule has 2 aromatic rings. The lowest BCUT2D eigenvalue weighted by Gasteiger charge is -2.34. The van der Waals surface area contributed by atoms with Crippen LogP contribution in [0.1, 0.15) is 22.8 Å². The van der Waals surface area contributed by atoms with Gasteiger partial charge in [0.1, 0.15) is 5.75 Å². The van der Waals surface area contributed by atoms with Gasteiger partial charge in [-0.05, 0) is 48.4 Å². The van der Waals surface area contributed by atoms with E-state index in [1.165, 1.54) is 4.31 Å². The number of sulfonamides is 1. The van der Waals surface area contributed by atoms with Gasteiger partial charge in [0.25, 0.3) is 5.91 Å². The van der Waals surface area contributed by atoms with Gasteiger partial charge < -0.3 is 9.64 Å². The topological polar surface area (TPSA) is 66.9 Å². The maximum atomic E-state index is 12.8. The Kier molecular flexibility index (Phi) is 5.82. The van der Waals surface area contributed by atoms with Crippen molar-refractivity contribution in [1.29, 1.82) is 0 Å². The molecule has 0 radical (unpaired) electrons. The average molecular weight is 388 g/mol. The van der Waals surface area contributed by atoms with E-state index in [-0.39, 0.29) is 5.91 Å². The number of piperazine rings is 1. The highest BCUT2D eigenvalue weighted by molar-refractivity contribution is 7.89. The molecule has 6 nitrogen and oxygen atoms in total. The number of rotatable bonds is 5. The Morgan fingerprint density at radius 1 is 0.963 bits per heavy atom. The number of carbonyl (C=O) groups is 1. The predicted molar refractivity (Wildman–Crippen MR) is 103 cm³/mol. The Bertz CT molecular complexity index is 885. The summed E-state index contributed by atoms with van der Waals surface area (Å²) in [5.41, 5.74) is 1.67. The molecule has 0 aromatic heterocycles. The standard InChI is InChI=1S/C20H24N2O4S/c1-3-16-4-10-19(11-5-16)27(24,25)22-14-12-21(13-15-22)20(23)17-6-8-18(26-2)9-7-17/h4-11H,3,12-15H2,1-2H3. The molecule has 0 N–H and O–H groups in total. The molecule has 1 fully saturated rings. The van der Waals surface area contributed by atoms with Crippen LogP contribution in [0.5, 0.6) is 5.75 Å². The molecule has 0 saturated carbocycles. The summed E-state index contributed by atoms with van der Waals surface area (Å²) in [4.78, 5) is 14.6. The number of methoxy groups -OCH3 is 1. The van der Waals surface area contributed by atoms with Gasteiger partial charge in [0.2, 0.25) is 10.0 Å². The van der Waals surface area contributed by atoms with Gasteiger partial charge in [0, 0.05) is 31.7 Å². The Labute approximate surface area is 160 Å². The molecule has 2 aromatic carbocycles. The number of amides is 1. The molecule has 1 aliphatic heterocycles. The Balaban J connectivity index is 1.65. The second-order valence-corrected chi connectivity index (χ2v) is 8.36. The fourth-order valence-electron chi connectivity index (χ4n) is 3.09. The largest absolute Gasteiger partial charge is 0.497 e. The zero-order chi connectivity index (χ0) is 19.4. The van der Waals surface area contributed by atoms with Crippen molar-refractivity contribution in [3.63, 3.8) is 0 Å². The van der Waals surface area contributed by atoms with E-state index >= 15 is 0 Å². The van der Waals surface area contributed by atoms with Crippen molar-refractivity contribution in [3.8, 4) is 5.75 Å². The van der Waals surface area contributed by atoms with Crippen LogP contribution in [-0.2, 0) is 16.4 Å². The second kappa shape index (κ2) is 8.10. The average Bonchev–Trinajstić information content (AvgIpc) is 2.73. The molecule has 0 unspecified atom stereocenters. The van der Waals surface area contributed by atoms with E-state index in [4.69, 9.17) is 4.74 Å². The fourth-order valence-corrected chi connectivity index (χ4v) is 4.52. The monoisotopic (exact) mass is 388 g/mol. The maximum absolute atomic E-state index is 12.8. The van der Waals surface area contributed by atoms with Crippen LogP contribution in [0, 0.1) is 0 Å². The summed E-state index contributed by atoms with van der Waals surface area (Å²) in [5, 5.41) is 0. The molecule has 0 bridgehead atoms. The fraction of sp³-hybridized carbons (Fsp3) is 0.350. The minimum absolute atomic E-state index is 0.0954. The van der Waals surface area contributed by atoms with Crippen molar-refractivity contribution in [2.45, 2.75) is 18.2 Å². The smallest absolute Gasteiger partial charge is 0.253 e. The zero-order valence-corrected chi connectivity index (χ0v) is 16.4. The molecule has 144 valence electrons. The summed E-state index contributed by atoms with van der Waals surface area (Å²) in [6.07, 6.45) is 0.868. The number of aryl methyl sites for hydroxylation is 1. The van der Waals surface area contributed by atoms with Gasteiger partial charge in [-0.3, -0.25) is 4.79 Å². The highest BCUT2D eigenvalue weighted by atomic mass is 32.2. The van der Waals surface area contributed by atoms with Crippen LogP contribution in [-0.4, -0.2) is 56.8 Å². The van der Waals surface area contributed by atoms with Crippen LogP contribution < -0.4 is 4.74 Å².